The molecule has 2 aliphatic carbocycles. The lowest BCUT2D eigenvalue weighted by molar-refractivity contribution is -0.159. The third-order valence-electron chi connectivity index (χ3n) is 4.84. The number of esters is 2. The number of carbonyl (C=O) groups excluding carboxylic acids is 2. The highest BCUT2D eigenvalue weighted by molar-refractivity contribution is 5.75. The van der Waals surface area contributed by atoms with Crippen LogP contribution in [0.15, 0.2) is 0 Å². The van der Waals surface area contributed by atoms with Crippen molar-refractivity contribution in [2.75, 3.05) is 7.11 Å². The van der Waals surface area contributed by atoms with Crippen molar-refractivity contribution >= 4 is 11.9 Å². The average molecular weight is 282 g/mol. The zero-order valence-corrected chi connectivity index (χ0v) is 12.6. The van der Waals surface area contributed by atoms with E-state index in [4.69, 9.17) is 9.47 Å². The number of ether oxygens (including phenoxy) is 2. The molecule has 114 valence electrons. The van der Waals surface area contributed by atoms with E-state index < -0.39 is 0 Å². The third-order valence-corrected chi connectivity index (χ3v) is 4.84. The van der Waals surface area contributed by atoms with Crippen molar-refractivity contribution in [3.8, 4) is 0 Å². The SMILES string of the molecule is COC(=O)C1CCC(C(=O)OC2CCC(C)CC2)CC1. The van der Waals surface area contributed by atoms with Crippen LogP contribution in [0.5, 0.6) is 0 Å². The van der Waals surface area contributed by atoms with Crippen LogP contribution < -0.4 is 0 Å². The van der Waals surface area contributed by atoms with Gasteiger partial charge in [-0.1, -0.05) is 6.92 Å². The standard InChI is InChI=1S/C16H26O4/c1-11-3-9-14(10-4-11)20-16(18)13-7-5-12(6-8-13)15(17)19-2/h11-14H,3-10H2,1-2H3. The molecule has 0 bridgehead atoms. The highest BCUT2D eigenvalue weighted by atomic mass is 16.5. The van der Waals surface area contributed by atoms with Gasteiger partial charge in [0.15, 0.2) is 0 Å². The average Bonchev–Trinajstić information content (AvgIpc) is 2.49. The predicted octanol–water partition coefficient (Wildman–Crippen LogP) is 3.09. The molecule has 0 unspecified atom stereocenters. The van der Waals surface area contributed by atoms with Gasteiger partial charge >= 0.3 is 11.9 Å². The van der Waals surface area contributed by atoms with Crippen molar-refractivity contribution in [3.05, 3.63) is 0 Å². The second kappa shape index (κ2) is 7.09. The summed E-state index contributed by atoms with van der Waals surface area (Å²) in [5.41, 5.74) is 0. The number of hydrogen-bond donors (Lipinski definition) is 0. The molecular formula is C16H26O4. The van der Waals surface area contributed by atoms with Gasteiger partial charge in [0.05, 0.1) is 18.9 Å². The highest BCUT2D eigenvalue weighted by Gasteiger charge is 2.32. The molecule has 20 heavy (non-hydrogen) atoms. The van der Waals surface area contributed by atoms with Crippen LogP contribution in [0.25, 0.3) is 0 Å². The summed E-state index contributed by atoms with van der Waals surface area (Å²) in [4.78, 5) is 23.6. The summed E-state index contributed by atoms with van der Waals surface area (Å²) in [5, 5.41) is 0. The Kier molecular flexibility index (Phi) is 5.44. The Morgan fingerprint density at radius 1 is 0.800 bits per heavy atom. The van der Waals surface area contributed by atoms with E-state index in [0.717, 1.165) is 57.3 Å². The van der Waals surface area contributed by atoms with E-state index in [1.165, 1.54) is 7.11 Å². The van der Waals surface area contributed by atoms with Gasteiger partial charge in [-0.15, -0.1) is 0 Å². The van der Waals surface area contributed by atoms with Crippen molar-refractivity contribution in [1.29, 1.82) is 0 Å². The Hall–Kier alpha value is -1.06. The number of hydrogen-bond acceptors (Lipinski definition) is 4. The van der Waals surface area contributed by atoms with Gasteiger partial charge in [-0.3, -0.25) is 9.59 Å². The van der Waals surface area contributed by atoms with E-state index in [9.17, 15) is 9.59 Å². The molecule has 0 N–H and O–H groups in total. The maximum Gasteiger partial charge on any atom is 0.309 e. The molecule has 0 aliphatic heterocycles. The van der Waals surface area contributed by atoms with E-state index in [1.807, 2.05) is 0 Å². The fourth-order valence-electron chi connectivity index (χ4n) is 3.34. The van der Waals surface area contributed by atoms with Crippen LogP contribution in [-0.4, -0.2) is 25.2 Å². The minimum Gasteiger partial charge on any atom is -0.469 e. The minimum absolute atomic E-state index is 0.0183. The first kappa shape index (κ1) is 15.3. The molecule has 0 atom stereocenters. The topological polar surface area (TPSA) is 52.6 Å². The molecule has 0 radical (unpaired) electrons. The monoisotopic (exact) mass is 282 g/mol. The van der Waals surface area contributed by atoms with Crippen molar-refractivity contribution in [1.82, 2.24) is 0 Å². The molecule has 0 aromatic rings. The molecule has 4 nitrogen and oxygen atoms in total. The maximum absolute atomic E-state index is 12.2. The summed E-state index contributed by atoms with van der Waals surface area (Å²) in [6.07, 6.45) is 7.44. The van der Waals surface area contributed by atoms with Gasteiger partial charge in [0.2, 0.25) is 0 Å². The lowest BCUT2D eigenvalue weighted by Crippen LogP contribution is -2.31. The van der Waals surface area contributed by atoms with Crippen LogP contribution in [0.3, 0.4) is 0 Å². The Labute approximate surface area is 121 Å². The van der Waals surface area contributed by atoms with Crippen molar-refractivity contribution in [2.45, 2.75) is 64.4 Å². The first-order chi connectivity index (χ1) is 9.60. The van der Waals surface area contributed by atoms with E-state index in [-0.39, 0.29) is 29.9 Å². The van der Waals surface area contributed by atoms with E-state index in [2.05, 4.69) is 6.92 Å². The van der Waals surface area contributed by atoms with E-state index in [0.29, 0.717) is 0 Å². The van der Waals surface area contributed by atoms with Crippen LogP contribution in [0, 0.1) is 17.8 Å². The van der Waals surface area contributed by atoms with Crippen LogP contribution in [0.2, 0.25) is 0 Å². The zero-order chi connectivity index (χ0) is 14.5. The number of methoxy groups -OCH3 is 1. The summed E-state index contributed by atoms with van der Waals surface area (Å²) >= 11 is 0. The summed E-state index contributed by atoms with van der Waals surface area (Å²) < 4.78 is 10.4. The van der Waals surface area contributed by atoms with Gasteiger partial charge in [-0.25, -0.2) is 0 Å². The van der Waals surface area contributed by atoms with Gasteiger partial charge in [-0.05, 0) is 57.3 Å². The number of carbonyl (C=O) groups is 2. The molecule has 0 saturated heterocycles. The molecule has 0 amide bonds. The first-order valence-corrected chi connectivity index (χ1v) is 7.88. The van der Waals surface area contributed by atoms with Crippen molar-refractivity contribution < 1.29 is 19.1 Å². The molecule has 4 heteroatoms. The molecule has 2 saturated carbocycles. The number of rotatable bonds is 3. The van der Waals surface area contributed by atoms with Crippen LogP contribution in [0.4, 0.5) is 0 Å². The fraction of sp³-hybridized carbons (Fsp3) is 0.875. The first-order valence-electron chi connectivity index (χ1n) is 7.88. The Bertz CT molecular complexity index is 336. The predicted molar refractivity (Wildman–Crippen MR) is 75.0 cm³/mol. The van der Waals surface area contributed by atoms with E-state index >= 15 is 0 Å². The Balaban J connectivity index is 1.73. The summed E-state index contributed by atoms with van der Waals surface area (Å²) in [7, 11) is 1.42. The molecule has 0 aromatic carbocycles. The van der Waals surface area contributed by atoms with Gasteiger partial charge in [0.1, 0.15) is 6.10 Å². The largest absolute Gasteiger partial charge is 0.469 e. The molecular weight excluding hydrogens is 256 g/mol. The van der Waals surface area contributed by atoms with E-state index in [1.54, 1.807) is 0 Å². The van der Waals surface area contributed by atoms with Gasteiger partial charge in [0, 0.05) is 0 Å². The smallest absolute Gasteiger partial charge is 0.309 e. The second-order valence-corrected chi connectivity index (χ2v) is 6.39. The van der Waals surface area contributed by atoms with Crippen LogP contribution in [0.1, 0.15) is 58.3 Å². The molecule has 2 aliphatic rings. The normalized spacial score (nSPS) is 34.3. The van der Waals surface area contributed by atoms with Gasteiger partial charge in [-0.2, -0.15) is 0 Å². The fourth-order valence-corrected chi connectivity index (χ4v) is 3.34. The van der Waals surface area contributed by atoms with Gasteiger partial charge in [0.25, 0.3) is 0 Å². The van der Waals surface area contributed by atoms with Crippen molar-refractivity contribution in [2.24, 2.45) is 17.8 Å². The molecule has 2 fully saturated rings. The Morgan fingerprint density at radius 3 is 1.80 bits per heavy atom. The van der Waals surface area contributed by atoms with Crippen LogP contribution in [-0.2, 0) is 19.1 Å². The van der Waals surface area contributed by atoms with Gasteiger partial charge < -0.3 is 9.47 Å². The zero-order valence-electron chi connectivity index (χ0n) is 12.6. The summed E-state index contributed by atoms with van der Waals surface area (Å²) in [6, 6.07) is 0. The van der Waals surface area contributed by atoms with Crippen molar-refractivity contribution in [3.63, 3.8) is 0 Å². The molecule has 0 heterocycles. The highest BCUT2D eigenvalue weighted by Crippen LogP contribution is 2.32. The lowest BCUT2D eigenvalue weighted by atomic mass is 9.82. The molecule has 2 rings (SSSR count). The molecule has 0 aromatic heterocycles. The summed E-state index contributed by atoms with van der Waals surface area (Å²) in [6.45, 7) is 2.26. The maximum atomic E-state index is 12.2. The second-order valence-electron chi connectivity index (χ2n) is 6.39. The third kappa shape index (κ3) is 3.97. The quantitative estimate of drug-likeness (QED) is 0.746. The van der Waals surface area contributed by atoms with Crippen LogP contribution >= 0.6 is 0 Å². The Morgan fingerprint density at radius 2 is 1.30 bits per heavy atom. The summed E-state index contributed by atoms with van der Waals surface area (Å²) in [5.74, 6) is 0.529. The molecule has 0 spiro atoms. The minimum atomic E-state index is -0.141. The lowest BCUT2D eigenvalue weighted by Gasteiger charge is -2.30.